The molecule has 0 fully saturated rings. The van der Waals surface area contributed by atoms with Crippen LogP contribution in [-0.4, -0.2) is 10.9 Å². The maximum atomic E-state index is 11.6. The Bertz CT molecular complexity index is 415. The summed E-state index contributed by atoms with van der Waals surface area (Å²) in [5.41, 5.74) is 2.52. The van der Waals surface area contributed by atoms with Crippen molar-refractivity contribution in [2.24, 2.45) is 0 Å². The summed E-state index contributed by atoms with van der Waals surface area (Å²) in [4.78, 5) is 11.6. The van der Waals surface area contributed by atoms with Gasteiger partial charge >= 0.3 is 0 Å². The number of Topliss-reactive ketones (excluding diaryl/α,β-unsaturated/α-hetero) is 1. The molecule has 0 amide bonds. The predicted octanol–water partition coefficient (Wildman–Crippen LogP) is 2.71. The van der Waals surface area contributed by atoms with E-state index in [9.17, 15) is 9.90 Å². The molecule has 0 heterocycles. The minimum atomic E-state index is -0.756. The number of carbonyl (C=O) groups excluding carboxylic acids is 1. The van der Waals surface area contributed by atoms with Crippen LogP contribution >= 0.6 is 0 Å². The Morgan fingerprint density at radius 3 is 2.56 bits per heavy atom. The Kier molecular flexibility index (Phi) is 3.20. The average Bonchev–Trinajstić information content (AvgIpc) is 2.30. The lowest BCUT2D eigenvalue weighted by molar-refractivity contribution is -0.117. The summed E-state index contributed by atoms with van der Waals surface area (Å²) in [5, 5.41) is 10.1. The summed E-state index contributed by atoms with van der Waals surface area (Å²) in [6.07, 6.45) is 3.48. The molecule has 16 heavy (non-hydrogen) atoms. The molecule has 1 aliphatic rings. The number of allylic oxidation sites excluding steroid dienone is 1. The van der Waals surface area contributed by atoms with E-state index in [1.165, 1.54) is 0 Å². The maximum Gasteiger partial charge on any atom is 0.161 e. The van der Waals surface area contributed by atoms with Gasteiger partial charge in [0, 0.05) is 12.0 Å². The third-order valence-corrected chi connectivity index (χ3v) is 2.98. The van der Waals surface area contributed by atoms with E-state index in [1.807, 2.05) is 37.3 Å². The van der Waals surface area contributed by atoms with Crippen LogP contribution in [0.2, 0.25) is 0 Å². The lowest BCUT2D eigenvalue weighted by atomic mass is 9.90. The molecule has 1 aromatic rings. The van der Waals surface area contributed by atoms with Crippen molar-refractivity contribution >= 4 is 5.78 Å². The molecule has 2 nitrogen and oxygen atoms in total. The second-order valence-corrected chi connectivity index (χ2v) is 4.29. The maximum absolute atomic E-state index is 11.6. The number of benzene rings is 1. The SMILES string of the molecule is Cc1ccc(C(O)C2=CCCCC2=O)cc1. The lowest BCUT2D eigenvalue weighted by Gasteiger charge is -2.17. The number of aliphatic hydroxyl groups excluding tert-OH is 1. The molecule has 2 heteroatoms. The average molecular weight is 216 g/mol. The molecule has 0 bridgehead atoms. The molecule has 0 aliphatic heterocycles. The standard InChI is InChI=1S/C14H16O2/c1-10-6-8-11(9-7-10)14(16)12-4-2-3-5-13(12)15/h4,6-9,14,16H,2-3,5H2,1H3. The van der Waals surface area contributed by atoms with E-state index in [-0.39, 0.29) is 5.78 Å². The monoisotopic (exact) mass is 216 g/mol. The topological polar surface area (TPSA) is 37.3 Å². The van der Waals surface area contributed by atoms with Crippen molar-refractivity contribution in [3.8, 4) is 0 Å². The van der Waals surface area contributed by atoms with Crippen LogP contribution in [0.5, 0.6) is 0 Å². The van der Waals surface area contributed by atoms with Gasteiger partial charge in [0.2, 0.25) is 0 Å². The molecular formula is C14H16O2. The Hall–Kier alpha value is -1.41. The Labute approximate surface area is 95.6 Å². The van der Waals surface area contributed by atoms with Crippen LogP contribution in [0.1, 0.15) is 36.5 Å². The minimum Gasteiger partial charge on any atom is -0.384 e. The van der Waals surface area contributed by atoms with E-state index in [0.29, 0.717) is 12.0 Å². The number of rotatable bonds is 2. The summed E-state index contributed by atoms with van der Waals surface area (Å²) < 4.78 is 0. The molecule has 0 saturated carbocycles. The molecule has 2 rings (SSSR count). The van der Waals surface area contributed by atoms with Crippen molar-refractivity contribution in [1.29, 1.82) is 0 Å². The highest BCUT2D eigenvalue weighted by Crippen LogP contribution is 2.27. The second kappa shape index (κ2) is 4.62. The summed E-state index contributed by atoms with van der Waals surface area (Å²) in [6, 6.07) is 7.66. The third kappa shape index (κ3) is 2.22. The molecular weight excluding hydrogens is 200 g/mol. The van der Waals surface area contributed by atoms with Gasteiger partial charge in [-0.25, -0.2) is 0 Å². The molecule has 1 aromatic carbocycles. The first-order valence-electron chi connectivity index (χ1n) is 5.66. The second-order valence-electron chi connectivity index (χ2n) is 4.29. The first-order chi connectivity index (χ1) is 7.68. The van der Waals surface area contributed by atoms with Crippen LogP contribution in [0.3, 0.4) is 0 Å². The van der Waals surface area contributed by atoms with Crippen molar-refractivity contribution in [1.82, 2.24) is 0 Å². The van der Waals surface area contributed by atoms with Gasteiger partial charge < -0.3 is 5.11 Å². The molecule has 0 radical (unpaired) electrons. The molecule has 0 spiro atoms. The zero-order valence-corrected chi connectivity index (χ0v) is 9.44. The highest BCUT2D eigenvalue weighted by Gasteiger charge is 2.21. The van der Waals surface area contributed by atoms with Gasteiger partial charge in [-0.15, -0.1) is 0 Å². The van der Waals surface area contributed by atoms with E-state index in [0.717, 1.165) is 24.0 Å². The molecule has 1 atom stereocenters. The van der Waals surface area contributed by atoms with Crippen molar-refractivity contribution in [3.05, 3.63) is 47.0 Å². The van der Waals surface area contributed by atoms with Gasteiger partial charge in [-0.05, 0) is 25.3 Å². The van der Waals surface area contributed by atoms with Gasteiger partial charge in [0.1, 0.15) is 6.10 Å². The highest BCUT2D eigenvalue weighted by atomic mass is 16.3. The summed E-state index contributed by atoms with van der Waals surface area (Å²) in [5.74, 6) is 0.0827. The Morgan fingerprint density at radius 1 is 1.25 bits per heavy atom. The number of aryl methyl sites for hydroxylation is 1. The number of aliphatic hydroxyl groups is 1. The fourth-order valence-corrected chi connectivity index (χ4v) is 1.97. The van der Waals surface area contributed by atoms with E-state index in [4.69, 9.17) is 0 Å². The quantitative estimate of drug-likeness (QED) is 0.825. The fourth-order valence-electron chi connectivity index (χ4n) is 1.97. The summed E-state index contributed by atoms with van der Waals surface area (Å²) in [6.45, 7) is 2.00. The van der Waals surface area contributed by atoms with Crippen molar-refractivity contribution in [2.75, 3.05) is 0 Å². The van der Waals surface area contributed by atoms with Crippen molar-refractivity contribution < 1.29 is 9.90 Å². The van der Waals surface area contributed by atoms with Crippen LogP contribution in [0, 0.1) is 6.92 Å². The van der Waals surface area contributed by atoms with Gasteiger partial charge in [0.25, 0.3) is 0 Å². The minimum absolute atomic E-state index is 0.0827. The largest absolute Gasteiger partial charge is 0.384 e. The van der Waals surface area contributed by atoms with Crippen molar-refractivity contribution in [2.45, 2.75) is 32.3 Å². The molecule has 84 valence electrons. The van der Waals surface area contributed by atoms with Gasteiger partial charge in [-0.2, -0.15) is 0 Å². The molecule has 1 N–H and O–H groups in total. The van der Waals surface area contributed by atoms with Gasteiger partial charge in [0.15, 0.2) is 5.78 Å². The summed E-state index contributed by atoms with van der Waals surface area (Å²) in [7, 11) is 0. The van der Waals surface area contributed by atoms with Crippen LogP contribution in [0.25, 0.3) is 0 Å². The molecule has 0 saturated heterocycles. The number of ketones is 1. The van der Waals surface area contributed by atoms with Crippen LogP contribution < -0.4 is 0 Å². The smallest absolute Gasteiger partial charge is 0.161 e. The van der Waals surface area contributed by atoms with Gasteiger partial charge in [-0.1, -0.05) is 35.9 Å². The van der Waals surface area contributed by atoms with Crippen LogP contribution in [0.15, 0.2) is 35.9 Å². The van der Waals surface area contributed by atoms with Crippen molar-refractivity contribution in [3.63, 3.8) is 0 Å². The molecule has 1 aliphatic carbocycles. The Morgan fingerprint density at radius 2 is 1.94 bits per heavy atom. The van der Waals surface area contributed by atoms with Gasteiger partial charge in [-0.3, -0.25) is 4.79 Å². The third-order valence-electron chi connectivity index (χ3n) is 2.98. The normalized spacial score (nSPS) is 18.1. The zero-order chi connectivity index (χ0) is 11.5. The number of hydrogen-bond acceptors (Lipinski definition) is 2. The predicted molar refractivity (Wildman–Crippen MR) is 63.1 cm³/mol. The number of carbonyl (C=O) groups is 1. The summed E-state index contributed by atoms with van der Waals surface area (Å²) >= 11 is 0. The van der Waals surface area contributed by atoms with Crippen LogP contribution in [0.4, 0.5) is 0 Å². The fraction of sp³-hybridized carbons (Fsp3) is 0.357. The van der Waals surface area contributed by atoms with E-state index < -0.39 is 6.10 Å². The first kappa shape index (κ1) is 11.1. The highest BCUT2D eigenvalue weighted by molar-refractivity contribution is 5.97. The van der Waals surface area contributed by atoms with E-state index in [1.54, 1.807) is 0 Å². The van der Waals surface area contributed by atoms with Gasteiger partial charge in [0.05, 0.1) is 0 Å². The van der Waals surface area contributed by atoms with Crippen LogP contribution in [-0.2, 0) is 4.79 Å². The molecule has 1 unspecified atom stereocenters. The molecule has 0 aromatic heterocycles. The lowest BCUT2D eigenvalue weighted by Crippen LogP contribution is -2.14. The van der Waals surface area contributed by atoms with E-state index >= 15 is 0 Å². The Balaban J connectivity index is 2.24. The zero-order valence-electron chi connectivity index (χ0n) is 9.44. The van der Waals surface area contributed by atoms with E-state index in [2.05, 4.69) is 0 Å². The number of hydrogen-bond donors (Lipinski definition) is 1. The first-order valence-corrected chi connectivity index (χ1v) is 5.66.